The lowest BCUT2D eigenvalue weighted by molar-refractivity contribution is -0.137. The van der Waals surface area contributed by atoms with Crippen LogP contribution in [0.2, 0.25) is 10.0 Å². The van der Waals surface area contributed by atoms with E-state index in [2.05, 4.69) is 4.74 Å². The van der Waals surface area contributed by atoms with Crippen LogP contribution in [0.1, 0.15) is 17.3 Å². The molecule has 0 atom stereocenters. The van der Waals surface area contributed by atoms with Crippen molar-refractivity contribution in [3.05, 3.63) is 46.0 Å². The molecule has 0 spiro atoms. The smallest absolute Gasteiger partial charge is 0.330 e. The van der Waals surface area contributed by atoms with Crippen molar-refractivity contribution in [1.29, 1.82) is 0 Å². The summed E-state index contributed by atoms with van der Waals surface area (Å²) >= 11 is 11.5. The molecule has 17 heavy (non-hydrogen) atoms. The Bertz CT molecular complexity index is 467. The van der Waals surface area contributed by atoms with Crippen molar-refractivity contribution < 1.29 is 14.3 Å². The molecule has 3 nitrogen and oxygen atoms in total. The maximum atomic E-state index is 11.7. The van der Waals surface area contributed by atoms with Crippen molar-refractivity contribution in [1.82, 2.24) is 0 Å². The minimum Gasteiger partial charge on any atom is -0.463 e. The summed E-state index contributed by atoms with van der Waals surface area (Å²) in [6.45, 7) is 1.95. The minimum atomic E-state index is -0.564. The molecule has 0 saturated carbocycles. The highest BCUT2D eigenvalue weighted by molar-refractivity contribution is 6.37. The number of ketones is 1. The second kappa shape index (κ2) is 6.42. The zero-order chi connectivity index (χ0) is 12.8. The van der Waals surface area contributed by atoms with E-state index in [0.717, 1.165) is 12.2 Å². The molecule has 0 N–H and O–H groups in total. The average molecular weight is 273 g/mol. The maximum Gasteiger partial charge on any atom is 0.330 e. The Labute approximate surface area is 109 Å². The quantitative estimate of drug-likeness (QED) is 0.480. The highest BCUT2D eigenvalue weighted by Gasteiger charge is 2.08. The van der Waals surface area contributed by atoms with Crippen LogP contribution in [0.5, 0.6) is 0 Å². The lowest BCUT2D eigenvalue weighted by atomic mass is 10.1. The van der Waals surface area contributed by atoms with Crippen LogP contribution in [-0.2, 0) is 9.53 Å². The predicted octanol–water partition coefficient (Wildman–Crippen LogP) is 3.30. The van der Waals surface area contributed by atoms with E-state index in [1.807, 2.05) is 0 Å². The summed E-state index contributed by atoms with van der Waals surface area (Å²) in [7, 11) is 0. The Morgan fingerprint density at radius 3 is 2.59 bits per heavy atom. The van der Waals surface area contributed by atoms with Crippen molar-refractivity contribution >= 4 is 35.0 Å². The lowest BCUT2D eigenvalue weighted by Gasteiger charge is -2.00. The molecule has 1 aromatic rings. The van der Waals surface area contributed by atoms with Gasteiger partial charge in [0.2, 0.25) is 0 Å². The molecule has 1 aromatic carbocycles. The van der Waals surface area contributed by atoms with E-state index in [9.17, 15) is 9.59 Å². The van der Waals surface area contributed by atoms with Gasteiger partial charge in [0.05, 0.1) is 11.6 Å². The molecule has 0 bridgehead atoms. The fourth-order valence-corrected chi connectivity index (χ4v) is 1.61. The van der Waals surface area contributed by atoms with Gasteiger partial charge in [0.1, 0.15) is 0 Å². The fourth-order valence-electron chi connectivity index (χ4n) is 1.11. The number of hydrogen-bond acceptors (Lipinski definition) is 3. The van der Waals surface area contributed by atoms with Crippen molar-refractivity contribution in [3.8, 4) is 0 Å². The molecule has 0 aromatic heterocycles. The van der Waals surface area contributed by atoms with Crippen LogP contribution >= 0.6 is 23.2 Å². The molecule has 0 aliphatic rings. The number of halogens is 2. The molecule has 0 radical (unpaired) electrons. The third-order valence-corrected chi connectivity index (χ3v) is 2.40. The van der Waals surface area contributed by atoms with Gasteiger partial charge >= 0.3 is 5.97 Å². The third kappa shape index (κ3) is 4.21. The van der Waals surface area contributed by atoms with E-state index in [1.54, 1.807) is 13.0 Å². The molecule has 0 aliphatic heterocycles. The van der Waals surface area contributed by atoms with Crippen LogP contribution in [0.15, 0.2) is 30.4 Å². The third-order valence-electron chi connectivity index (χ3n) is 1.85. The van der Waals surface area contributed by atoms with Crippen LogP contribution in [0, 0.1) is 0 Å². The maximum absolute atomic E-state index is 11.7. The Hall–Kier alpha value is -1.32. The number of ether oxygens (including phenoxy) is 1. The van der Waals surface area contributed by atoms with E-state index < -0.39 is 5.97 Å². The SMILES string of the molecule is CCOC(=O)C=CC(=O)c1ccc(Cl)cc1Cl. The molecule has 0 saturated heterocycles. The normalized spacial score (nSPS) is 10.5. The number of allylic oxidation sites excluding steroid dienone is 1. The van der Waals surface area contributed by atoms with E-state index in [0.29, 0.717) is 5.02 Å². The van der Waals surface area contributed by atoms with Gasteiger partial charge in [-0.1, -0.05) is 23.2 Å². The summed E-state index contributed by atoms with van der Waals surface area (Å²) in [4.78, 5) is 22.7. The van der Waals surface area contributed by atoms with Crippen molar-refractivity contribution in [2.24, 2.45) is 0 Å². The first kappa shape index (κ1) is 13.7. The van der Waals surface area contributed by atoms with Crippen molar-refractivity contribution in [2.75, 3.05) is 6.61 Å². The highest BCUT2D eigenvalue weighted by atomic mass is 35.5. The molecule has 1 rings (SSSR count). The van der Waals surface area contributed by atoms with E-state index in [-0.39, 0.29) is 23.0 Å². The number of carbonyl (C=O) groups is 2. The van der Waals surface area contributed by atoms with Crippen molar-refractivity contribution in [2.45, 2.75) is 6.92 Å². The molecule has 0 fully saturated rings. The zero-order valence-electron chi connectivity index (χ0n) is 9.07. The summed E-state index contributed by atoms with van der Waals surface area (Å²) in [6.07, 6.45) is 2.18. The Morgan fingerprint density at radius 2 is 2.00 bits per heavy atom. The molecule has 0 aliphatic carbocycles. The molecule has 0 unspecified atom stereocenters. The second-order valence-corrected chi connectivity index (χ2v) is 3.92. The lowest BCUT2D eigenvalue weighted by Crippen LogP contribution is -2.02. The van der Waals surface area contributed by atoms with E-state index in [4.69, 9.17) is 23.2 Å². The molecular formula is C12H10Cl2O3. The average Bonchev–Trinajstić information content (AvgIpc) is 2.26. The number of esters is 1. The van der Waals surface area contributed by atoms with Gasteiger partial charge in [0.25, 0.3) is 0 Å². The van der Waals surface area contributed by atoms with Crippen LogP contribution in [-0.4, -0.2) is 18.4 Å². The van der Waals surface area contributed by atoms with Gasteiger partial charge in [0, 0.05) is 16.7 Å². The molecular weight excluding hydrogens is 263 g/mol. The summed E-state index contributed by atoms with van der Waals surface area (Å²) in [5, 5.41) is 0.692. The topological polar surface area (TPSA) is 43.4 Å². The molecule has 0 amide bonds. The molecule has 0 heterocycles. The second-order valence-electron chi connectivity index (χ2n) is 3.07. The summed E-state index contributed by atoms with van der Waals surface area (Å²) in [6, 6.07) is 4.52. The largest absolute Gasteiger partial charge is 0.463 e. The number of benzene rings is 1. The van der Waals surface area contributed by atoms with Crippen LogP contribution in [0.3, 0.4) is 0 Å². The van der Waals surface area contributed by atoms with Gasteiger partial charge in [-0.15, -0.1) is 0 Å². The Morgan fingerprint density at radius 1 is 1.29 bits per heavy atom. The monoisotopic (exact) mass is 272 g/mol. The van der Waals surface area contributed by atoms with Crippen LogP contribution < -0.4 is 0 Å². The van der Waals surface area contributed by atoms with Crippen LogP contribution in [0.25, 0.3) is 0 Å². The molecule has 5 heteroatoms. The summed E-state index contributed by atoms with van der Waals surface area (Å²) < 4.78 is 4.65. The van der Waals surface area contributed by atoms with Gasteiger partial charge in [-0.25, -0.2) is 4.79 Å². The summed E-state index contributed by atoms with van der Waals surface area (Å²) in [5.74, 6) is -0.939. The highest BCUT2D eigenvalue weighted by Crippen LogP contribution is 2.21. The molecule has 90 valence electrons. The van der Waals surface area contributed by atoms with E-state index >= 15 is 0 Å². The number of carbonyl (C=O) groups excluding carboxylic acids is 2. The fraction of sp³-hybridized carbons (Fsp3) is 0.167. The van der Waals surface area contributed by atoms with Gasteiger partial charge in [-0.3, -0.25) is 4.79 Å². The minimum absolute atomic E-state index is 0.246. The first-order valence-electron chi connectivity index (χ1n) is 4.88. The first-order valence-corrected chi connectivity index (χ1v) is 5.64. The predicted molar refractivity (Wildman–Crippen MR) is 66.6 cm³/mol. The van der Waals surface area contributed by atoms with Gasteiger partial charge in [0.15, 0.2) is 5.78 Å². The van der Waals surface area contributed by atoms with E-state index in [1.165, 1.54) is 12.1 Å². The zero-order valence-corrected chi connectivity index (χ0v) is 10.6. The van der Waals surface area contributed by atoms with Crippen LogP contribution in [0.4, 0.5) is 0 Å². The number of rotatable bonds is 4. The Kier molecular flexibility index (Phi) is 5.19. The van der Waals surface area contributed by atoms with Gasteiger partial charge < -0.3 is 4.74 Å². The van der Waals surface area contributed by atoms with Crippen molar-refractivity contribution in [3.63, 3.8) is 0 Å². The summed E-state index contributed by atoms with van der Waals surface area (Å²) in [5.41, 5.74) is 0.289. The Balaban J connectivity index is 2.80. The standard InChI is InChI=1S/C12H10Cl2O3/c1-2-17-12(16)6-5-11(15)9-4-3-8(13)7-10(9)14/h3-7H,2H2,1H3. The number of hydrogen-bond donors (Lipinski definition) is 0. The van der Waals surface area contributed by atoms with Gasteiger partial charge in [-0.2, -0.15) is 0 Å². The van der Waals surface area contributed by atoms with Gasteiger partial charge in [-0.05, 0) is 31.2 Å². The first-order chi connectivity index (χ1) is 8.04.